The van der Waals surface area contributed by atoms with Gasteiger partial charge in [-0.2, -0.15) is 0 Å². The molecule has 0 bridgehead atoms. The first kappa shape index (κ1) is 18.5. The number of nitrogens with zero attached hydrogens (tertiary/aromatic N) is 5. The molecular weight excluding hydrogens is 338 g/mol. The number of rotatable bonds is 3. The van der Waals surface area contributed by atoms with E-state index >= 15 is 0 Å². The lowest BCUT2D eigenvalue weighted by Gasteiger charge is -2.37. The number of amides is 1. The van der Waals surface area contributed by atoms with Crippen LogP contribution >= 0.6 is 0 Å². The molecule has 2 saturated heterocycles. The first-order chi connectivity index (χ1) is 13.2. The average molecular weight is 372 g/mol. The van der Waals surface area contributed by atoms with Crippen LogP contribution in [-0.2, 0) is 4.79 Å². The highest BCUT2D eigenvalue weighted by atomic mass is 16.2. The molecule has 1 aliphatic carbocycles. The SMILES string of the molecule is CC1CCN(c2ccc(N3CCN(C(=O)C4CCCCC4)CC3)nn2)CC1. The third kappa shape index (κ3) is 4.36. The molecule has 1 aromatic rings. The van der Waals surface area contributed by atoms with Gasteiger partial charge in [0.25, 0.3) is 0 Å². The standard InChI is InChI=1S/C21H33N5O/c1-17-9-11-24(12-10-17)19-7-8-20(23-22-19)25-13-15-26(16-14-25)21(27)18-5-3-2-4-6-18/h7-8,17-18H,2-6,9-16H2,1H3. The van der Waals surface area contributed by atoms with Crippen LogP contribution in [0.3, 0.4) is 0 Å². The summed E-state index contributed by atoms with van der Waals surface area (Å²) in [7, 11) is 0. The molecular formula is C21H33N5O. The van der Waals surface area contributed by atoms with Gasteiger partial charge in [0.05, 0.1) is 0 Å². The molecule has 1 aromatic heterocycles. The maximum absolute atomic E-state index is 12.7. The Kier molecular flexibility index (Phi) is 5.79. The van der Waals surface area contributed by atoms with Gasteiger partial charge < -0.3 is 14.7 Å². The van der Waals surface area contributed by atoms with Crippen molar-refractivity contribution in [2.24, 2.45) is 11.8 Å². The maximum Gasteiger partial charge on any atom is 0.225 e. The van der Waals surface area contributed by atoms with E-state index in [9.17, 15) is 4.79 Å². The Bertz CT molecular complexity index is 612. The molecule has 2 aliphatic heterocycles. The Morgan fingerprint density at radius 2 is 1.37 bits per heavy atom. The molecule has 0 unspecified atom stereocenters. The summed E-state index contributed by atoms with van der Waals surface area (Å²) in [5.41, 5.74) is 0. The number of anilines is 2. The van der Waals surface area contributed by atoms with E-state index in [4.69, 9.17) is 0 Å². The normalized spacial score (nSPS) is 22.9. The summed E-state index contributed by atoms with van der Waals surface area (Å²) < 4.78 is 0. The quantitative estimate of drug-likeness (QED) is 0.818. The summed E-state index contributed by atoms with van der Waals surface area (Å²) in [5.74, 6) is 3.42. The number of carbonyl (C=O) groups is 1. The van der Waals surface area contributed by atoms with E-state index in [-0.39, 0.29) is 5.92 Å². The average Bonchev–Trinajstić information content (AvgIpc) is 2.75. The largest absolute Gasteiger partial charge is 0.355 e. The van der Waals surface area contributed by atoms with E-state index in [1.54, 1.807) is 0 Å². The van der Waals surface area contributed by atoms with Crippen molar-refractivity contribution in [1.29, 1.82) is 0 Å². The van der Waals surface area contributed by atoms with Crippen LogP contribution in [0.4, 0.5) is 11.6 Å². The molecule has 3 fully saturated rings. The molecule has 6 nitrogen and oxygen atoms in total. The van der Waals surface area contributed by atoms with Gasteiger partial charge in [-0.3, -0.25) is 4.79 Å². The lowest BCUT2D eigenvalue weighted by atomic mass is 9.88. The van der Waals surface area contributed by atoms with Crippen molar-refractivity contribution in [2.45, 2.75) is 51.9 Å². The van der Waals surface area contributed by atoms with Crippen molar-refractivity contribution in [3.8, 4) is 0 Å². The minimum absolute atomic E-state index is 0.275. The van der Waals surface area contributed by atoms with Crippen molar-refractivity contribution in [3.05, 3.63) is 12.1 Å². The highest BCUT2D eigenvalue weighted by molar-refractivity contribution is 5.79. The lowest BCUT2D eigenvalue weighted by Crippen LogP contribution is -2.50. The van der Waals surface area contributed by atoms with E-state index in [1.807, 2.05) is 0 Å². The summed E-state index contributed by atoms with van der Waals surface area (Å²) in [6, 6.07) is 4.21. The van der Waals surface area contributed by atoms with Crippen LogP contribution < -0.4 is 9.80 Å². The van der Waals surface area contributed by atoms with Crippen molar-refractivity contribution in [1.82, 2.24) is 15.1 Å². The van der Waals surface area contributed by atoms with E-state index in [1.165, 1.54) is 32.1 Å². The van der Waals surface area contributed by atoms with E-state index in [0.29, 0.717) is 5.91 Å². The Balaban J connectivity index is 1.29. The van der Waals surface area contributed by atoms with Gasteiger partial charge in [-0.05, 0) is 43.7 Å². The van der Waals surface area contributed by atoms with Crippen molar-refractivity contribution in [2.75, 3.05) is 49.1 Å². The van der Waals surface area contributed by atoms with Crippen LogP contribution in [0.2, 0.25) is 0 Å². The van der Waals surface area contributed by atoms with Gasteiger partial charge in [-0.25, -0.2) is 0 Å². The molecule has 3 aliphatic rings. The molecule has 0 radical (unpaired) electrons. The predicted molar refractivity (Wildman–Crippen MR) is 108 cm³/mol. The van der Waals surface area contributed by atoms with Crippen LogP contribution in [0.25, 0.3) is 0 Å². The van der Waals surface area contributed by atoms with Gasteiger partial charge >= 0.3 is 0 Å². The fourth-order valence-corrected chi connectivity index (χ4v) is 4.66. The van der Waals surface area contributed by atoms with Gasteiger partial charge in [0, 0.05) is 45.2 Å². The first-order valence-electron chi connectivity index (χ1n) is 10.8. The summed E-state index contributed by atoms with van der Waals surface area (Å²) in [6.45, 7) is 7.81. The van der Waals surface area contributed by atoms with Crippen molar-refractivity contribution in [3.63, 3.8) is 0 Å². The number of hydrogen-bond donors (Lipinski definition) is 0. The Hall–Kier alpha value is -1.85. The third-order valence-electron chi connectivity index (χ3n) is 6.61. The number of carbonyl (C=O) groups excluding carboxylic acids is 1. The maximum atomic E-state index is 12.7. The highest BCUT2D eigenvalue weighted by Gasteiger charge is 2.29. The molecule has 148 valence electrons. The molecule has 0 spiro atoms. The monoisotopic (exact) mass is 371 g/mol. The predicted octanol–water partition coefficient (Wildman–Crippen LogP) is 2.94. The van der Waals surface area contributed by atoms with E-state index < -0.39 is 0 Å². The number of aromatic nitrogens is 2. The molecule has 0 aromatic carbocycles. The second kappa shape index (κ2) is 8.44. The summed E-state index contributed by atoms with van der Waals surface area (Å²) >= 11 is 0. The fourth-order valence-electron chi connectivity index (χ4n) is 4.66. The zero-order chi connectivity index (χ0) is 18.6. The van der Waals surface area contributed by atoms with Crippen LogP contribution in [-0.4, -0.2) is 60.3 Å². The topological polar surface area (TPSA) is 52.6 Å². The zero-order valence-electron chi connectivity index (χ0n) is 16.6. The van der Waals surface area contributed by atoms with Crippen LogP contribution in [0.5, 0.6) is 0 Å². The van der Waals surface area contributed by atoms with Gasteiger partial charge in [0.15, 0.2) is 11.6 Å². The molecule has 3 heterocycles. The van der Waals surface area contributed by atoms with Gasteiger partial charge in [0.2, 0.25) is 5.91 Å². The number of piperazine rings is 1. The van der Waals surface area contributed by atoms with Crippen molar-refractivity contribution < 1.29 is 4.79 Å². The minimum Gasteiger partial charge on any atom is -0.355 e. The molecule has 27 heavy (non-hydrogen) atoms. The Labute approximate surface area is 162 Å². The molecule has 1 saturated carbocycles. The molecule has 0 atom stereocenters. The van der Waals surface area contributed by atoms with Crippen molar-refractivity contribution >= 4 is 17.5 Å². The van der Waals surface area contributed by atoms with E-state index in [2.05, 4.69) is 44.0 Å². The summed E-state index contributed by atoms with van der Waals surface area (Å²) in [4.78, 5) is 19.4. The van der Waals surface area contributed by atoms with Crippen LogP contribution in [0.1, 0.15) is 51.9 Å². The van der Waals surface area contributed by atoms with E-state index in [0.717, 1.165) is 69.7 Å². The Morgan fingerprint density at radius 3 is 1.93 bits per heavy atom. The van der Waals surface area contributed by atoms with Gasteiger partial charge in [-0.1, -0.05) is 26.2 Å². The second-order valence-electron chi connectivity index (χ2n) is 8.57. The molecule has 6 heteroatoms. The number of hydrogen-bond acceptors (Lipinski definition) is 5. The molecule has 1 amide bonds. The Morgan fingerprint density at radius 1 is 0.815 bits per heavy atom. The lowest BCUT2D eigenvalue weighted by molar-refractivity contribution is -0.136. The fraction of sp³-hybridized carbons (Fsp3) is 0.762. The number of piperidine rings is 1. The third-order valence-corrected chi connectivity index (χ3v) is 6.61. The van der Waals surface area contributed by atoms with Gasteiger partial charge in [0.1, 0.15) is 0 Å². The highest BCUT2D eigenvalue weighted by Crippen LogP contribution is 2.26. The second-order valence-corrected chi connectivity index (χ2v) is 8.57. The van der Waals surface area contributed by atoms with Crippen LogP contribution in [0, 0.1) is 11.8 Å². The first-order valence-corrected chi connectivity index (χ1v) is 10.8. The smallest absolute Gasteiger partial charge is 0.225 e. The van der Waals surface area contributed by atoms with Crippen LogP contribution in [0.15, 0.2) is 12.1 Å². The minimum atomic E-state index is 0.275. The summed E-state index contributed by atoms with van der Waals surface area (Å²) in [5, 5.41) is 8.97. The molecule has 0 N–H and O–H groups in total. The van der Waals surface area contributed by atoms with Gasteiger partial charge in [-0.15, -0.1) is 10.2 Å². The molecule has 4 rings (SSSR count). The zero-order valence-corrected chi connectivity index (χ0v) is 16.6. The summed E-state index contributed by atoms with van der Waals surface area (Å²) in [6.07, 6.45) is 8.37.